The fraction of sp³-hybridized carbons (Fsp3) is 0.429. The summed E-state index contributed by atoms with van der Waals surface area (Å²) in [5.41, 5.74) is 0.934. The van der Waals surface area contributed by atoms with Gasteiger partial charge in [-0.3, -0.25) is 4.90 Å². The van der Waals surface area contributed by atoms with Crippen LogP contribution in [0.4, 0.5) is 5.95 Å². The van der Waals surface area contributed by atoms with Crippen molar-refractivity contribution >= 4 is 43.3 Å². The maximum atomic E-state index is 9.03. The van der Waals surface area contributed by atoms with Crippen LogP contribution in [0.15, 0.2) is 41.0 Å². The van der Waals surface area contributed by atoms with Crippen molar-refractivity contribution < 1.29 is 5.11 Å². The molecule has 0 amide bonds. The molecule has 1 aliphatic rings. The summed E-state index contributed by atoms with van der Waals surface area (Å²) in [6.45, 7) is 7.20. The van der Waals surface area contributed by atoms with E-state index in [0.29, 0.717) is 5.95 Å². The molecule has 3 aromatic rings. The highest BCUT2D eigenvalue weighted by Gasteiger charge is 2.16. The molecule has 0 atom stereocenters. The van der Waals surface area contributed by atoms with Crippen LogP contribution < -0.4 is 5.32 Å². The van der Waals surface area contributed by atoms with Crippen molar-refractivity contribution in [1.29, 1.82) is 0 Å². The Morgan fingerprint density at radius 2 is 1.86 bits per heavy atom. The van der Waals surface area contributed by atoms with Crippen molar-refractivity contribution in [2.24, 2.45) is 0 Å². The van der Waals surface area contributed by atoms with Crippen molar-refractivity contribution in [2.75, 3.05) is 57.7 Å². The first-order valence-corrected chi connectivity index (χ1v) is 11.6. The molecule has 1 fully saturated rings. The third kappa shape index (κ3) is 5.32. The van der Waals surface area contributed by atoms with Gasteiger partial charge in [-0.25, -0.2) is 9.97 Å². The van der Waals surface area contributed by atoms with Gasteiger partial charge in [0.2, 0.25) is 5.95 Å². The number of anilines is 1. The van der Waals surface area contributed by atoms with Crippen molar-refractivity contribution in [3.8, 4) is 10.6 Å². The Balaban J connectivity index is 1.30. The lowest BCUT2D eigenvalue weighted by molar-refractivity contribution is 0.112. The number of thiophene rings is 1. The van der Waals surface area contributed by atoms with Crippen LogP contribution in [0.5, 0.6) is 0 Å². The molecule has 6 nitrogen and oxygen atoms in total. The fourth-order valence-corrected chi connectivity index (χ4v) is 5.21. The minimum absolute atomic E-state index is 0.251. The molecule has 0 aliphatic carbocycles. The van der Waals surface area contributed by atoms with Gasteiger partial charge in [-0.05, 0) is 46.4 Å². The van der Waals surface area contributed by atoms with Crippen molar-refractivity contribution in [3.05, 3.63) is 41.0 Å². The number of aromatic nitrogens is 2. The topological polar surface area (TPSA) is 64.5 Å². The number of aliphatic hydroxyl groups excluding tert-OH is 1. The van der Waals surface area contributed by atoms with Crippen LogP contribution in [0.1, 0.15) is 6.42 Å². The Hall–Kier alpha value is -1.58. The van der Waals surface area contributed by atoms with Crippen molar-refractivity contribution in [2.45, 2.75) is 6.42 Å². The lowest BCUT2D eigenvalue weighted by Crippen LogP contribution is -2.47. The summed E-state index contributed by atoms with van der Waals surface area (Å²) in [5.74, 6) is 0.674. The molecule has 1 saturated heterocycles. The number of halogens is 1. The molecule has 8 heteroatoms. The Morgan fingerprint density at radius 1 is 1.10 bits per heavy atom. The van der Waals surface area contributed by atoms with E-state index >= 15 is 0 Å². The summed E-state index contributed by atoms with van der Waals surface area (Å²) in [5, 5.41) is 13.7. The molecule has 0 saturated carbocycles. The van der Waals surface area contributed by atoms with Crippen LogP contribution >= 0.6 is 27.3 Å². The Morgan fingerprint density at radius 3 is 2.62 bits per heavy atom. The van der Waals surface area contributed by atoms with Gasteiger partial charge >= 0.3 is 0 Å². The number of rotatable bonds is 8. The molecule has 29 heavy (non-hydrogen) atoms. The lowest BCUT2D eigenvalue weighted by Gasteiger charge is -2.34. The predicted octanol–water partition coefficient (Wildman–Crippen LogP) is 3.53. The van der Waals surface area contributed by atoms with E-state index in [-0.39, 0.29) is 6.61 Å². The maximum absolute atomic E-state index is 9.03. The summed E-state index contributed by atoms with van der Waals surface area (Å²) in [6, 6.07) is 10.6. The standard InChI is InChI=1S/C21H26BrN5OS/c22-17-15-24-21(23-6-3-7-26-8-10-27(11-9-26)12-13-28)25-20(17)19-14-16-4-1-2-5-18(16)29-19/h1-2,4-5,14-15,28H,3,6-13H2,(H,23,24,25). The predicted molar refractivity (Wildman–Crippen MR) is 124 cm³/mol. The second-order valence-corrected chi connectivity index (χ2v) is 9.16. The summed E-state index contributed by atoms with van der Waals surface area (Å²) < 4.78 is 2.18. The Bertz CT molecular complexity index is 909. The number of β-amino-alcohol motifs (C(OH)–C–C–N with tert-alkyl or cyclic N) is 1. The smallest absolute Gasteiger partial charge is 0.223 e. The highest BCUT2D eigenvalue weighted by Crippen LogP contribution is 2.36. The van der Waals surface area contributed by atoms with Gasteiger partial charge in [-0.1, -0.05) is 18.2 Å². The molecule has 154 valence electrons. The van der Waals surface area contributed by atoms with E-state index in [0.717, 1.165) is 67.3 Å². The second kappa shape index (κ2) is 9.95. The first-order chi connectivity index (χ1) is 14.2. The number of nitrogens with zero attached hydrogens (tertiary/aromatic N) is 4. The first kappa shape index (κ1) is 20.7. The molecular weight excluding hydrogens is 450 g/mol. The number of piperazine rings is 1. The number of hydrogen-bond acceptors (Lipinski definition) is 7. The number of nitrogens with one attached hydrogen (secondary N) is 1. The van der Waals surface area contributed by atoms with E-state index in [1.54, 1.807) is 11.3 Å². The van der Waals surface area contributed by atoms with Gasteiger partial charge in [0.15, 0.2) is 0 Å². The number of aliphatic hydroxyl groups is 1. The molecule has 0 radical (unpaired) electrons. The highest BCUT2D eigenvalue weighted by molar-refractivity contribution is 9.10. The quantitative estimate of drug-likeness (QED) is 0.485. The van der Waals surface area contributed by atoms with Gasteiger partial charge in [-0.2, -0.15) is 0 Å². The summed E-state index contributed by atoms with van der Waals surface area (Å²) in [7, 11) is 0. The van der Waals surface area contributed by atoms with Crippen LogP contribution in [-0.4, -0.2) is 77.3 Å². The third-order valence-corrected chi connectivity index (χ3v) is 6.92. The molecule has 4 rings (SSSR count). The van der Waals surface area contributed by atoms with Gasteiger partial charge in [0.05, 0.1) is 16.0 Å². The molecule has 0 spiro atoms. The van der Waals surface area contributed by atoms with Gasteiger partial charge < -0.3 is 15.3 Å². The van der Waals surface area contributed by atoms with Crippen LogP contribution in [0, 0.1) is 0 Å². The molecule has 1 aromatic carbocycles. The monoisotopic (exact) mass is 475 g/mol. The zero-order valence-corrected chi connectivity index (χ0v) is 18.8. The number of benzene rings is 1. The first-order valence-electron chi connectivity index (χ1n) is 10.0. The van der Waals surface area contributed by atoms with Gasteiger partial charge in [0, 0.05) is 50.2 Å². The van der Waals surface area contributed by atoms with E-state index in [2.05, 4.69) is 66.4 Å². The number of fused-ring (bicyclic) bond motifs is 1. The van der Waals surface area contributed by atoms with Crippen LogP contribution in [0.3, 0.4) is 0 Å². The summed E-state index contributed by atoms with van der Waals surface area (Å²) in [4.78, 5) is 15.1. The molecule has 1 aliphatic heterocycles. The van der Waals surface area contributed by atoms with E-state index in [9.17, 15) is 0 Å². The van der Waals surface area contributed by atoms with E-state index < -0.39 is 0 Å². The molecule has 2 N–H and O–H groups in total. The summed E-state index contributed by atoms with van der Waals surface area (Å²) in [6.07, 6.45) is 2.88. The average Bonchev–Trinajstić information content (AvgIpc) is 3.18. The molecule has 3 heterocycles. The van der Waals surface area contributed by atoms with Crippen molar-refractivity contribution in [1.82, 2.24) is 19.8 Å². The Labute approximate surface area is 183 Å². The Kier molecular flexibility index (Phi) is 7.10. The van der Waals surface area contributed by atoms with E-state index in [1.807, 2.05) is 6.20 Å². The van der Waals surface area contributed by atoms with E-state index in [4.69, 9.17) is 10.1 Å². The van der Waals surface area contributed by atoms with Crippen molar-refractivity contribution in [3.63, 3.8) is 0 Å². The van der Waals surface area contributed by atoms with Gasteiger partial charge in [0.25, 0.3) is 0 Å². The maximum Gasteiger partial charge on any atom is 0.223 e. The number of hydrogen-bond donors (Lipinski definition) is 2. The van der Waals surface area contributed by atoms with Gasteiger partial charge in [-0.15, -0.1) is 11.3 Å². The lowest BCUT2D eigenvalue weighted by atomic mass is 10.2. The largest absolute Gasteiger partial charge is 0.395 e. The molecular formula is C21H26BrN5OS. The molecule has 0 unspecified atom stereocenters. The second-order valence-electron chi connectivity index (χ2n) is 7.23. The highest BCUT2D eigenvalue weighted by atomic mass is 79.9. The SMILES string of the molecule is OCCN1CCN(CCCNc2ncc(Br)c(-c3cc4ccccc4s3)n2)CC1. The van der Waals surface area contributed by atoms with E-state index in [1.165, 1.54) is 10.1 Å². The van der Waals surface area contributed by atoms with Crippen LogP contribution in [0.2, 0.25) is 0 Å². The van der Waals surface area contributed by atoms with Crippen LogP contribution in [-0.2, 0) is 0 Å². The average molecular weight is 476 g/mol. The minimum Gasteiger partial charge on any atom is -0.395 e. The van der Waals surface area contributed by atoms with Crippen LogP contribution in [0.25, 0.3) is 20.7 Å². The normalized spacial score (nSPS) is 15.8. The zero-order valence-electron chi connectivity index (χ0n) is 16.4. The minimum atomic E-state index is 0.251. The molecule has 0 bridgehead atoms. The summed E-state index contributed by atoms with van der Waals surface area (Å²) >= 11 is 5.35. The third-order valence-electron chi connectivity index (χ3n) is 5.22. The fourth-order valence-electron chi connectivity index (χ4n) is 3.60. The van der Waals surface area contributed by atoms with Gasteiger partial charge in [0.1, 0.15) is 5.69 Å². The zero-order chi connectivity index (χ0) is 20.1. The molecule has 2 aromatic heterocycles.